The average Bonchev–Trinajstić information content (AvgIpc) is 3.12. The molecule has 0 bridgehead atoms. The molecule has 0 aromatic heterocycles. The monoisotopic (exact) mass is 318 g/mol. The van der Waals surface area contributed by atoms with Crippen molar-refractivity contribution in [2.45, 2.75) is 12.5 Å². The van der Waals surface area contributed by atoms with Gasteiger partial charge in [0.15, 0.2) is 0 Å². The Morgan fingerprint density at radius 1 is 1.04 bits per heavy atom. The van der Waals surface area contributed by atoms with E-state index in [0.717, 1.165) is 33.4 Å². The molecule has 24 heavy (non-hydrogen) atoms. The number of hydrogen-bond donors (Lipinski definition) is 2. The van der Waals surface area contributed by atoms with Crippen LogP contribution in [0.15, 0.2) is 65.8 Å². The normalized spacial score (nSPS) is 16.7. The van der Waals surface area contributed by atoms with Gasteiger partial charge in [0.05, 0.1) is 18.9 Å². The van der Waals surface area contributed by atoms with E-state index in [1.54, 1.807) is 7.11 Å². The van der Waals surface area contributed by atoms with E-state index in [1.807, 2.05) is 60.7 Å². The van der Waals surface area contributed by atoms with Crippen LogP contribution < -0.4 is 10.2 Å². The lowest BCUT2D eigenvalue weighted by atomic mass is 9.96. The Balaban J connectivity index is 1.67. The van der Waals surface area contributed by atoms with Gasteiger partial charge in [0.2, 0.25) is 0 Å². The number of hydrazone groups is 1. The lowest BCUT2D eigenvalue weighted by molar-refractivity contribution is 0.402. The fraction of sp³-hybridized carbons (Fsp3) is 0.150. The number of aromatic hydroxyl groups is 1. The van der Waals surface area contributed by atoms with E-state index >= 15 is 0 Å². The highest BCUT2D eigenvalue weighted by Crippen LogP contribution is 2.35. The van der Waals surface area contributed by atoms with Crippen LogP contribution in [0.25, 0.3) is 10.8 Å². The summed E-state index contributed by atoms with van der Waals surface area (Å²) in [6.45, 7) is 0. The van der Waals surface area contributed by atoms with E-state index in [4.69, 9.17) is 4.74 Å². The lowest BCUT2D eigenvalue weighted by Gasteiger charge is -2.14. The van der Waals surface area contributed by atoms with E-state index in [0.29, 0.717) is 6.42 Å². The number of ether oxygens (including phenoxy) is 1. The van der Waals surface area contributed by atoms with Gasteiger partial charge in [-0.05, 0) is 17.5 Å². The third-order valence-electron chi connectivity index (χ3n) is 4.48. The minimum Gasteiger partial charge on any atom is -0.507 e. The zero-order valence-corrected chi connectivity index (χ0v) is 13.4. The standard InChI is InChI=1S/C20H18N2O2/c1-24-19-9-5-4-8-15(19)17-12-18(22-21-17)16-11-10-13-6-2-3-7-14(13)20(16)23/h2-11,17,21,23H,12H2,1H3. The molecule has 0 fully saturated rings. The number of phenolic OH excluding ortho intramolecular Hbond substituents is 1. The Bertz CT molecular complexity index is 934. The van der Waals surface area contributed by atoms with Crippen LogP contribution in [0.2, 0.25) is 0 Å². The second-order valence-electron chi connectivity index (χ2n) is 5.87. The van der Waals surface area contributed by atoms with Gasteiger partial charge in [-0.25, -0.2) is 0 Å². The molecule has 1 atom stereocenters. The third kappa shape index (κ3) is 2.36. The summed E-state index contributed by atoms with van der Waals surface area (Å²) in [4.78, 5) is 0. The highest BCUT2D eigenvalue weighted by Gasteiger charge is 2.25. The fourth-order valence-electron chi connectivity index (χ4n) is 3.23. The summed E-state index contributed by atoms with van der Waals surface area (Å²) < 4.78 is 5.44. The Morgan fingerprint density at radius 2 is 1.83 bits per heavy atom. The fourth-order valence-corrected chi connectivity index (χ4v) is 3.23. The number of benzene rings is 3. The molecule has 3 aromatic carbocycles. The Hall–Kier alpha value is -3.01. The van der Waals surface area contributed by atoms with Gasteiger partial charge in [0.1, 0.15) is 11.5 Å². The van der Waals surface area contributed by atoms with Crippen molar-refractivity contribution in [2.24, 2.45) is 5.10 Å². The maximum atomic E-state index is 10.6. The van der Waals surface area contributed by atoms with Gasteiger partial charge in [-0.2, -0.15) is 5.10 Å². The predicted molar refractivity (Wildman–Crippen MR) is 95.6 cm³/mol. The summed E-state index contributed by atoms with van der Waals surface area (Å²) >= 11 is 0. The zero-order chi connectivity index (χ0) is 16.5. The Labute approximate surface area is 140 Å². The molecule has 120 valence electrons. The van der Waals surface area contributed by atoms with Crippen molar-refractivity contribution in [3.05, 3.63) is 71.8 Å². The molecule has 2 N–H and O–H groups in total. The van der Waals surface area contributed by atoms with Crippen LogP contribution in [0.4, 0.5) is 0 Å². The topological polar surface area (TPSA) is 53.9 Å². The van der Waals surface area contributed by atoms with Crippen LogP contribution in [-0.2, 0) is 0 Å². The van der Waals surface area contributed by atoms with Crippen molar-refractivity contribution in [1.29, 1.82) is 0 Å². The molecule has 0 amide bonds. The van der Waals surface area contributed by atoms with Gasteiger partial charge >= 0.3 is 0 Å². The second kappa shape index (κ2) is 5.89. The molecule has 1 unspecified atom stereocenters. The van der Waals surface area contributed by atoms with Gasteiger partial charge in [0.25, 0.3) is 0 Å². The molecular formula is C20H18N2O2. The molecule has 0 spiro atoms. The van der Waals surface area contributed by atoms with E-state index in [2.05, 4.69) is 10.5 Å². The van der Waals surface area contributed by atoms with Gasteiger partial charge in [0, 0.05) is 22.9 Å². The van der Waals surface area contributed by atoms with Gasteiger partial charge in [-0.15, -0.1) is 0 Å². The SMILES string of the molecule is COc1ccccc1C1CC(c2ccc3ccccc3c2O)=NN1. The summed E-state index contributed by atoms with van der Waals surface area (Å²) in [5.74, 6) is 1.13. The maximum absolute atomic E-state index is 10.6. The summed E-state index contributed by atoms with van der Waals surface area (Å²) in [5.41, 5.74) is 5.87. The van der Waals surface area contributed by atoms with Crippen molar-refractivity contribution in [1.82, 2.24) is 5.43 Å². The smallest absolute Gasteiger partial charge is 0.132 e. The maximum Gasteiger partial charge on any atom is 0.132 e. The van der Waals surface area contributed by atoms with Crippen LogP contribution in [0.5, 0.6) is 11.5 Å². The first-order chi connectivity index (χ1) is 11.8. The molecular weight excluding hydrogens is 300 g/mol. The Morgan fingerprint density at radius 3 is 2.71 bits per heavy atom. The minimum absolute atomic E-state index is 0.0435. The summed E-state index contributed by atoms with van der Waals surface area (Å²) in [6, 6.07) is 19.7. The predicted octanol–water partition coefficient (Wildman–Crippen LogP) is 3.99. The third-order valence-corrected chi connectivity index (χ3v) is 4.48. The van der Waals surface area contributed by atoms with Crippen molar-refractivity contribution >= 4 is 16.5 Å². The quantitative estimate of drug-likeness (QED) is 0.767. The lowest BCUT2D eigenvalue weighted by Crippen LogP contribution is -2.11. The van der Waals surface area contributed by atoms with Gasteiger partial charge < -0.3 is 15.3 Å². The molecule has 1 heterocycles. The molecule has 0 saturated carbocycles. The Kier molecular flexibility index (Phi) is 3.58. The number of nitrogens with zero attached hydrogens (tertiary/aromatic N) is 1. The summed E-state index contributed by atoms with van der Waals surface area (Å²) in [6.07, 6.45) is 0.701. The van der Waals surface area contributed by atoms with Crippen LogP contribution in [0.3, 0.4) is 0 Å². The van der Waals surface area contributed by atoms with Crippen LogP contribution in [0.1, 0.15) is 23.6 Å². The van der Waals surface area contributed by atoms with Crippen LogP contribution in [-0.4, -0.2) is 17.9 Å². The first kappa shape index (κ1) is 14.6. The molecule has 3 aromatic rings. The summed E-state index contributed by atoms with van der Waals surface area (Å²) in [7, 11) is 1.67. The number of methoxy groups -OCH3 is 1. The number of fused-ring (bicyclic) bond motifs is 1. The molecule has 0 saturated heterocycles. The average molecular weight is 318 g/mol. The molecule has 0 radical (unpaired) electrons. The van der Waals surface area contributed by atoms with Gasteiger partial charge in [-0.1, -0.05) is 48.5 Å². The number of nitrogens with one attached hydrogen (secondary N) is 1. The molecule has 4 rings (SSSR count). The zero-order valence-electron chi connectivity index (χ0n) is 13.4. The second-order valence-corrected chi connectivity index (χ2v) is 5.87. The van der Waals surface area contributed by atoms with Crippen LogP contribution >= 0.6 is 0 Å². The van der Waals surface area contributed by atoms with E-state index in [1.165, 1.54) is 0 Å². The molecule has 1 aliphatic heterocycles. The van der Waals surface area contributed by atoms with Crippen molar-refractivity contribution in [3.8, 4) is 11.5 Å². The first-order valence-corrected chi connectivity index (χ1v) is 7.94. The van der Waals surface area contributed by atoms with E-state index < -0.39 is 0 Å². The molecule has 4 heteroatoms. The highest BCUT2D eigenvalue weighted by molar-refractivity contribution is 6.08. The van der Waals surface area contributed by atoms with E-state index in [-0.39, 0.29) is 11.8 Å². The number of phenols is 1. The molecule has 0 aliphatic carbocycles. The minimum atomic E-state index is 0.0435. The first-order valence-electron chi connectivity index (χ1n) is 7.94. The van der Waals surface area contributed by atoms with Crippen LogP contribution in [0, 0.1) is 0 Å². The molecule has 1 aliphatic rings. The number of hydrogen-bond acceptors (Lipinski definition) is 4. The number of rotatable bonds is 3. The van der Waals surface area contributed by atoms with Crippen molar-refractivity contribution < 1.29 is 9.84 Å². The van der Waals surface area contributed by atoms with Crippen molar-refractivity contribution in [2.75, 3.05) is 7.11 Å². The number of para-hydroxylation sites is 1. The van der Waals surface area contributed by atoms with Gasteiger partial charge in [-0.3, -0.25) is 0 Å². The highest BCUT2D eigenvalue weighted by atomic mass is 16.5. The van der Waals surface area contributed by atoms with Crippen molar-refractivity contribution in [3.63, 3.8) is 0 Å². The van der Waals surface area contributed by atoms with E-state index in [9.17, 15) is 5.11 Å². The largest absolute Gasteiger partial charge is 0.507 e. The molecule has 4 nitrogen and oxygen atoms in total. The summed E-state index contributed by atoms with van der Waals surface area (Å²) in [5, 5.41) is 17.0.